The normalized spacial score (nSPS) is 32.0. The van der Waals surface area contributed by atoms with Gasteiger partial charge in [-0.2, -0.15) is 0 Å². The van der Waals surface area contributed by atoms with Gasteiger partial charge in [-0.25, -0.2) is 0 Å². The summed E-state index contributed by atoms with van der Waals surface area (Å²) in [6, 6.07) is 0.767. The first-order chi connectivity index (χ1) is 10.3. The molecule has 3 fully saturated rings. The van der Waals surface area contributed by atoms with E-state index in [9.17, 15) is 4.79 Å². The van der Waals surface area contributed by atoms with Gasteiger partial charge in [-0.15, -0.1) is 0 Å². The van der Waals surface area contributed by atoms with E-state index in [1.54, 1.807) is 0 Å². The standard InChI is InChI=1S/C16H30N4O/c1-2-8-19-9-3-4-15(19)16(21)20-10-5-14(13-20)18-11-6-17-7-12-18/h14-15,17H,2-13H2,1H3. The molecule has 2 unspecified atom stereocenters. The van der Waals surface area contributed by atoms with Crippen molar-refractivity contribution in [1.29, 1.82) is 0 Å². The number of hydrogen-bond donors (Lipinski definition) is 1. The number of carbonyl (C=O) groups excluding carboxylic acids is 1. The summed E-state index contributed by atoms with van der Waals surface area (Å²) in [5.74, 6) is 0.401. The zero-order chi connectivity index (χ0) is 14.7. The lowest BCUT2D eigenvalue weighted by Crippen LogP contribution is -2.50. The topological polar surface area (TPSA) is 38.8 Å². The third-order valence-corrected chi connectivity index (χ3v) is 5.30. The Labute approximate surface area is 128 Å². The maximum absolute atomic E-state index is 12.8. The predicted octanol–water partition coefficient (Wildman–Crippen LogP) is 0.367. The highest BCUT2D eigenvalue weighted by molar-refractivity contribution is 5.82. The van der Waals surface area contributed by atoms with Crippen LogP contribution in [0.2, 0.25) is 0 Å². The fraction of sp³-hybridized carbons (Fsp3) is 0.938. The molecule has 3 saturated heterocycles. The number of nitrogens with one attached hydrogen (secondary N) is 1. The van der Waals surface area contributed by atoms with Crippen LogP contribution in [0.1, 0.15) is 32.6 Å². The van der Waals surface area contributed by atoms with E-state index in [-0.39, 0.29) is 6.04 Å². The van der Waals surface area contributed by atoms with E-state index in [0.717, 1.165) is 71.6 Å². The molecular weight excluding hydrogens is 264 g/mol. The Kier molecular flexibility index (Phi) is 5.14. The summed E-state index contributed by atoms with van der Waals surface area (Å²) in [6.45, 7) is 10.8. The quantitative estimate of drug-likeness (QED) is 0.813. The zero-order valence-corrected chi connectivity index (χ0v) is 13.4. The third kappa shape index (κ3) is 3.41. The molecule has 0 aliphatic carbocycles. The molecule has 5 nitrogen and oxygen atoms in total. The van der Waals surface area contributed by atoms with Crippen molar-refractivity contribution >= 4 is 5.91 Å². The molecule has 0 saturated carbocycles. The number of carbonyl (C=O) groups is 1. The van der Waals surface area contributed by atoms with Gasteiger partial charge in [0, 0.05) is 45.3 Å². The summed E-state index contributed by atoms with van der Waals surface area (Å²) < 4.78 is 0. The van der Waals surface area contributed by atoms with Gasteiger partial charge in [0.1, 0.15) is 0 Å². The second kappa shape index (κ2) is 7.07. The van der Waals surface area contributed by atoms with Gasteiger partial charge in [-0.05, 0) is 38.8 Å². The maximum Gasteiger partial charge on any atom is 0.239 e. The smallest absolute Gasteiger partial charge is 0.239 e. The summed E-state index contributed by atoms with van der Waals surface area (Å²) in [6.07, 6.45) is 4.55. The average molecular weight is 294 g/mol. The van der Waals surface area contributed by atoms with Gasteiger partial charge in [0.15, 0.2) is 0 Å². The van der Waals surface area contributed by atoms with Crippen molar-refractivity contribution in [2.24, 2.45) is 0 Å². The van der Waals surface area contributed by atoms with Crippen molar-refractivity contribution in [3.8, 4) is 0 Å². The first-order valence-corrected chi connectivity index (χ1v) is 8.77. The van der Waals surface area contributed by atoms with Crippen molar-refractivity contribution in [2.45, 2.75) is 44.7 Å². The Morgan fingerprint density at radius 2 is 1.95 bits per heavy atom. The van der Waals surface area contributed by atoms with Crippen molar-refractivity contribution in [1.82, 2.24) is 20.0 Å². The van der Waals surface area contributed by atoms with Crippen LogP contribution in [0.4, 0.5) is 0 Å². The summed E-state index contributed by atoms with van der Waals surface area (Å²) >= 11 is 0. The molecule has 3 heterocycles. The number of hydrogen-bond acceptors (Lipinski definition) is 4. The number of piperazine rings is 1. The molecule has 3 aliphatic heterocycles. The largest absolute Gasteiger partial charge is 0.340 e. The molecule has 3 aliphatic rings. The average Bonchev–Trinajstić information content (AvgIpc) is 3.17. The van der Waals surface area contributed by atoms with E-state index in [1.807, 2.05) is 0 Å². The van der Waals surface area contributed by atoms with E-state index in [2.05, 4.69) is 26.9 Å². The number of likely N-dealkylation sites (tertiary alicyclic amines) is 2. The Hall–Kier alpha value is -0.650. The lowest BCUT2D eigenvalue weighted by atomic mass is 10.2. The lowest BCUT2D eigenvalue weighted by Gasteiger charge is -2.33. The molecule has 0 aromatic heterocycles. The maximum atomic E-state index is 12.8. The van der Waals surface area contributed by atoms with Gasteiger partial charge in [0.25, 0.3) is 0 Å². The van der Waals surface area contributed by atoms with Crippen LogP contribution in [0.15, 0.2) is 0 Å². The molecule has 1 amide bonds. The van der Waals surface area contributed by atoms with E-state index in [1.165, 1.54) is 6.42 Å². The Balaban J connectivity index is 1.54. The minimum atomic E-state index is 0.173. The molecule has 0 bridgehead atoms. The number of rotatable bonds is 4. The van der Waals surface area contributed by atoms with Crippen LogP contribution in [0.25, 0.3) is 0 Å². The van der Waals surface area contributed by atoms with Crippen LogP contribution in [-0.4, -0.2) is 85.0 Å². The van der Waals surface area contributed by atoms with Crippen LogP contribution in [-0.2, 0) is 4.79 Å². The van der Waals surface area contributed by atoms with E-state index in [4.69, 9.17) is 0 Å². The van der Waals surface area contributed by atoms with Gasteiger partial charge >= 0.3 is 0 Å². The van der Waals surface area contributed by atoms with Crippen LogP contribution >= 0.6 is 0 Å². The van der Waals surface area contributed by atoms with Crippen LogP contribution < -0.4 is 5.32 Å². The van der Waals surface area contributed by atoms with Crippen molar-refractivity contribution in [3.63, 3.8) is 0 Å². The lowest BCUT2D eigenvalue weighted by molar-refractivity contribution is -0.135. The van der Waals surface area contributed by atoms with E-state index >= 15 is 0 Å². The minimum absolute atomic E-state index is 0.173. The third-order valence-electron chi connectivity index (χ3n) is 5.30. The molecule has 21 heavy (non-hydrogen) atoms. The number of amides is 1. The molecule has 0 radical (unpaired) electrons. The van der Waals surface area contributed by atoms with E-state index < -0.39 is 0 Å². The molecule has 120 valence electrons. The molecule has 1 N–H and O–H groups in total. The summed E-state index contributed by atoms with van der Waals surface area (Å²) in [5, 5.41) is 3.41. The van der Waals surface area contributed by atoms with Crippen LogP contribution in [0.5, 0.6) is 0 Å². The monoisotopic (exact) mass is 294 g/mol. The highest BCUT2D eigenvalue weighted by atomic mass is 16.2. The molecule has 5 heteroatoms. The summed E-state index contributed by atoms with van der Waals surface area (Å²) in [7, 11) is 0. The second-order valence-corrected chi connectivity index (χ2v) is 6.71. The molecule has 0 aromatic carbocycles. The summed E-state index contributed by atoms with van der Waals surface area (Å²) in [4.78, 5) is 19.9. The molecule has 3 rings (SSSR count). The second-order valence-electron chi connectivity index (χ2n) is 6.71. The number of nitrogens with zero attached hydrogens (tertiary/aromatic N) is 3. The highest BCUT2D eigenvalue weighted by Crippen LogP contribution is 2.23. The van der Waals surface area contributed by atoms with Gasteiger partial charge in [0.05, 0.1) is 6.04 Å². The molecule has 2 atom stereocenters. The van der Waals surface area contributed by atoms with Crippen LogP contribution in [0.3, 0.4) is 0 Å². The predicted molar refractivity (Wildman–Crippen MR) is 84.3 cm³/mol. The van der Waals surface area contributed by atoms with Crippen molar-refractivity contribution in [2.75, 3.05) is 52.4 Å². The van der Waals surface area contributed by atoms with Gasteiger partial charge in [-0.1, -0.05) is 6.92 Å². The molecular formula is C16H30N4O. The molecule has 0 spiro atoms. The first-order valence-electron chi connectivity index (χ1n) is 8.77. The van der Waals surface area contributed by atoms with Gasteiger partial charge < -0.3 is 10.2 Å². The van der Waals surface area contributed by atoms with Crippen molar-refractivity contribution < 1.29 is 4.79 Å². The zero-order valence-electron chi connectivity index (χ0n) is 13.4. The fourth-order valence-electron chi connectivity index (χ4n) is 4.16. The van der Waals surface area contributed by atoms with Crippen LogP contribution in [0, 0.1) is 0 Å². The first kappa shape index (κ1) is 15.3. The Bertz CT molecular complexity index is 356. The molecule has 0 aromatic rings. The fourth-order valence-corrected chi connectivity index (χ4v) is 4.16. The summed E-state index contributed by atoms with van der Waals surface area (Å²) in [5.41, 5.74) is 0. The SMILES string of the molecule is CCCN1CCCC1C(=O)N1CCC(N2CCNCC2)C1. The Morgan fingerprint density at radius 1 is 1.14 bits per heavy atom. The minimum Gasteiger partial charge on any atom is -0.340 e. The highest BCUT2D eigenvalue weighted by Gasteiger charge is 2.37. The Morgan fingerprint density at radius 3 is 2.71 bits per heavy atom. The van der Waals surface area contributed by atoms with Gasteiger partial charge in [0.2, 0.25) is 5.91 Å². The van der Waals surface area contributed by atoms with Crippen molar-refractivity contribution in [3.05, 3.63) is 0 Å². The van der Waals surface area contributed by atoms with Gasteiger partial charge in [-0.3, -0.25) is 14.6 Å². The van der Waals surface area contributed by atoms with E-state index in [0.29, 0.717) is 11.9 Å².